The number of nitrogens with one attached hydrogen (secondary N) is 1. The first kappa shape index (κ1) is 16.9. The predicted octanol–water partition coefficient (Wildman–Crippen LogP) is 3.62. The monoisotopic (exact) mass is 335 g/mol. The zero-order chi connectivity index (χ0) is 16.1. The molecule has 0 radical (unpaired) electrons. The van der Waals surface area contributed by atoms with Crippen molar-refractivity contribution in [2.24, 2.45) is 0 Å². The molecule has 114 valence electrons. The molecule has 6 heteroatoms. The Morgan fingerprint density at radius 3 is 2.45 bits per heavy atom. The van der Waals surface area contributed by atoms with Gasteiger partial charge in [0, 0.05) is 22.2 Å². The van der Waals surface area contributed by atoms with Crippen LogP contribution in [0.25, 0.3) is 0 Å². The predicted molar refractivity (Wildman–Crippen MR) is 91.6 cm³/mol. The lowest BCUT2D eigenvalue weighted by Gasteiger charge is -2.08. The maximum Gasteiger partial charge on any atom is 0.290 e. The first-order valence-electron chi connectivity index (χ1n) is 6.95. The largest absolute Gasteiger partial charge is 0.450 e. The number of carbonyl (C=O) groups is 1. The van der Waals surface area contributed by atoms with Crippen LogP contribution in [0.2, 0.25) is 16.9 Å². The van der Waals surface area contributed by atoms with E-state index >= 15 is 0 Å². The van der Waals surface area contributed by atoms with E-state index < -0.39 is 6.92 Å². The van der Waals surface area contributed by atoms with E-state index in [1.807, 2.05) is 12.1 Å². The second kappa shape index (κ2) is 7.68. The van der Waals surface area contributed by atoms with Crippen molar-refractivity contribution in [1.82, 2.24) is 5.32 Å². The Labute approximate surface area is 140 Å². The maximum atomic E-state index is 12.1. The molecule has 2 rings (SSSR count). The maximum absolute atomic E-state index is 12.1. The fourth-order valence-electron chi connectivity index (χ4n) is 2.08. The highest BCUT2D eigenvalue weighted by molar-refractivity contribution is 6.48. The Balaban J connectivity index is 1.97. The minimum atomic E-state index is -0.397. The highest BCUT2D eigenvalue weighted by Gasteiger charge is 2.09. The summed E-state index contributed by atoms with van der Waals surface area (Å²) in [6.45, 7) is 1.67. The number of hydrogen-bond donors (Lipinski definition) is 2. The van der Waals surface area contributed by atoms with E-state index in [1.165, 1.54) is 0 Å². The minimum absolute atomic E-state index is 0.172. The van der Waals surface area contributed by atoms with E-state index in [2.05, 4.69) is 5.32 Å². The molecule has 0 heterocycles. The summed E-state index contributed by atoms with van der Waals surface area (Å²) in [5.41, 5.74) is 2.37. The standard InChI is InChI=1S/C16H16BCl2NO2/c1-17(22)9-11-2-4-12(5-3-11)16(21)20-10-13-6-7-14(18)8-15(13)19/h2-8,22H,9-10H2,1H3,(H,20,21). The molecule has 0 unspecified atom stereocenters. The van der Waals surface area contributed by atoms with Gasteiger partial charge >= 0.3 is 0 Å². The van der Waals surface area contributed by atoms with E-state index in [1.54, 1.807) is 37.2 Å². The SMILES string of the molecule is CB(O)Cc1ccc(C(=O)NCc2ccc(Cl)cc2Cl)cc1. The van der Waals surface area contributed by atoms with Gasteiger partial charge in [0.1, 0.15) is 0 Å². The molecule has 0 aromatic heterocycles. The Kier molecular flexibility index (Phi) is 5.89. The van der Waals surface area contributed by atoms with Crippen molar-refractivity contribution < 1.29 is 9.82 Å². The number of rotatable bonds is 5. The summed E-state index contributed by atoms with van der Waals surface area (Å²) in [4.78, 5) is 12.1. The Bertz CT molecular complexity index is 660. The molecule has 3 nitrogen and oxygen atoms in total. The van der Waals surface area contributed by atoms with Crippen molar-refractivity contribution in [1.29, 1.82) is 0 Å². The highest BCUT2D eigenvalue weighted by Crippen LogP contribution is 2.20. The molecule has 0 fully saturated rings. The molecular weight excluding hydrogens is 320 g/mol. The lowest BCUT2D eigenvalue weighted by atomic mass is 9.66. The van der Waals surface area contributed by atoms with E-state index in [-0.39, 0.29) is 5.91 Å². The van der Waals surface area contributed by atoms with Gasteiger partial charge in [-0.3, -0.25) is 4.79 Å². The molecule has 1 amide bonds. The molecule has 2 N–H and O–H groups in total. The third-order valence-electron chi connectivity index (χ3n) is 3.20. The summed E-state index contributed by atoms with van der Waals surface area (Å²) < 4.78 is 0. The fraction of sp³-hybridized carbons (Fsp3) is 0.188. The Hall–Kier alpha value is -1.49. The van der Waals surface area contributed by atoms with Crippen molar-refractivity contribution >= 4 is 36.0 Å². The van der Waals surface area contributed by atoms with Gasteiger partial charge < -0.3 is 10.3 Å². The van der Waals surface area contributed by atoms with Gasteiger partial charge in [-0.05, 0) is 36.1 Å². The van der Waals surface area contributed by atoms with Gasteiger partial charge in [-0.1, -0.05) is 53.8 Å². The Morgan fingerprint density at radius 2 is 1.86 bits per heavy atom. The normalized spacial score (nSPS) is 10.4. The van der Waals surface area contributed by atoms with Crippen molar-refractivity contribution in [2.45, 2.75) is 19.7 Å². The number of hydrogen-bond acceptors (Lipinski definition) is 2. The number of amides is 1. The van der Waals surface area contributed by atoms with Crippen LogP contribution in [0.4, 0.5) is 0 Å². The van der Waals surface area contributed by atoms with Crippen molar-refractivity contribution in [3.8, 4) is 0 Å². The number of halogens is 2. The zero-order valence-corrected chi connectivity index (χ0v) is 13.7. The van der Waals surface area contributed by atoms with Crippen LogP contribution >= 0.6 is 23.2 Å². The minimum Gasteiger partial charge on any atom is -0.450 e. The third kappa shape index (κ3) is 4.77. The lowest BCUT2D eigenvalue weighted by Crippen LogP contribution is -2.23. The third-order valence-corrected chi connectivity index (χ3v) is 3.79. The first-order chi connectivity index (χ1) is 10.5. The molecule has 22 heavy (non-hydrogen) atoms. The van der Waals surface area contributed by atoms with Gasteiger partial charge in [0.2, 0.25) is 0 Å². The van der Waals surface area contributed by atoms with Crippen LogP contribution in [0.1, 0.15) is 21.5 Å². The summed E-state index contributed by atoms with van der Waals surface area (Å²) in [5, 5.41) is 13.3. The summed E-state index contributed by atoms with van der Waals surface area (Å²) in [6.07, 6.45) is 0.572. The van der Waals surface area contributed by atoms with Gasteiger partial charge in [-0.2, -0.15) is 0 Å². The average molecular weight is 336 g/mol. The number of carbonyl (C=O) groups excluding carboxylic acids is 1. The molecule has 2 aromatic carbocycles. The smallest absolute Gasteiger partial charge is 0.290 e. The topological polar surface area (TPSA) is 49.3 Å². The van der Waals surface area contributed by atoms with Crippen LogP contribution in [0.15, 0.2) is 42.5 Å². The second-order valence-corrected chi connectivity index (χ2v) is 6.01. The van der Waals surface area contributed by atoms with Gasteiger partial charge in [-0.15, -0.1) is 0 Å². The van der Waals surface area contributed by atoms with Crippen LogP contribution in [0, 0.1) is 0 Å². The van der Waals surface area contributed by atoms with Gasteiger partial charge in [0.05, 0.1) is 0 Å². The van der Waals surface area contributed by atoms with Crippen molar-refractivity contribution in [2.75, 3.05) is 0 Å². The lowest BCUT2D eigenvalue weighted by molar-refractivity contribution is 0.0951. The molecular formula is C16H16BCl2NO2. The van der Waals surface area contributed by atoms with Crippen LogP contribution < -0.4 is 5.32 Å². The van der Waals surface area contributed by atoms with E-state index in [9.17, 15) is 9.82 Å². The van der Waals surface area contributed by atoms with Gasteiger partial charge in [0.15, 0.2) is 0 Å². The molecule has 0 spiro atoms. The molecule has 0 aliphatic rings. The van der Waals surface area contributed by atoms with Gasteiger partial charge in [-0.25, -0.2) is 0 Å². The molecule has 0 bridgehead atoms. The van der Waals surface area contributed by atoms with Crippen molar-refractivity contribution in [3.63, 3.8) is 0 Å². The Morgan fingerprint density at radius 1 is 1.18 bits per heavy atom. The van der Waals surface area contributed by atoms with E-state index in [0.717, 1.165) is 11.1 Å². The molecule has 0 atom stereocenters. The van der Waals surface area contributed by atoms with Crippen molar-refractivity contribution in [3.05, 3.63) is 69.2 Å². The average Bonchev–Trinajstić information content (AvgIpc) is 2.46. The van der Waals surface area contributed by atoms with Gasteiger partial charge in [0.25, 0.3) is 12.8 Å². The highest BCUT2D eigenvalue weighted by atomic mass is 35.5. The summed E-state index contributed by atoms with van der Waals surface area (Å²) in [7, 11) is 0. The summed E-state index contributed by atoms with van der Waals surface area (Å²) in [5.74, 6) is -0.172. The second-order valence-electron chi connectivity index (χ2n) is 5.17. The van der Waals surface area contributed by atoms with E-state index in [0.29, 0.717) is 28.5 Å². The summed E-state index contributed by atoms with van der Waals surface area (Å²) >= 11 is 11.9. The van der Waals surface area contributed by atoms with Crippen LogP contribution in [0.3, 0.4) is 0 Å². The quantitative estimate of drug-likeness (QED) is 0.820. The van der Waals surface area contributed by atoms with E-state index in [4.69, 9.17) is 23.2 Å². The fourth-order valence-corrected chi connectivity index (χ4v) is 2.55. The molecule has 0 aliphatic carbocycles. The molecule has 2 aromatic rings. The van der Waals surface area contributed by atoms with Crippen LogP contribution in [-0.2, 0) is 12.9 Å². The number of benzene rings is 2. The zero-order valence-electron chi connectivity index (χ0n) is 12.1. The van der Waals surface area contributed by atoms with Crippen LogP contribution in [-0.4, -0.2) is 17.8 Å². The summed E-state index contributed by atoms with van der Waals surface area (Å²) in [6, 6.07) is 12.4. The molecule has 0 saturated carbocycles. The molecule has 0 saturated heterocycles. The van der Waals surface area contributed by atoms with Crippen LogP contribution in [0.5, 0.6) is 0 Å². The molecule has 0 aliphatic heterocycles. The first-order valence-corrected chi connectivity index (χ1v) is 7.70.